The van der Waals surface area contributed by atoms with E-state index in [-0.39, 0.29) is 11.4 Å². The van der Waals surface area contributed by atoms with Gasteiger partial charge in [-0.3, -0.25) is 0 Å². The molecule has 5 rings (SSSR count). The average Bonchev–Trinajstić information content (AvgIpc) is 2.84. The third-order valence-corrected chi connectivity index (χ3v) is 7.87. The van der Waals surface area contributed by atoms with Crippen molar-refractivity contribution in [2.75, 3.05) is 24.2 Å². The van der Waals surface area contributed by atoms with Crippen LogP contribution in [0, 0.1) is 0 Å². The number of hydrogen-bond acceptors (Lipinski definition) is 6. The van der Waals surface area contributed by atoms with Gasteiger partial charge in [0.05, 0.1) is 5.75 Å². The summed E-state index contributed by atoms with van der Waals surface area (Å²) in [6, 6.07) is 14.2. The van der Waals surface area contributed by atoms with Gasteiger partial charge in [-0.05, 0) is 59.2 Å². The molecule has 1 fully saturated rings. The van der Waals surface area contributed by atoms with Crippen molar-refractivity contribution >= 4 is 15.8 Å². The maximum Gasteiger partial charge on any atom is 0.225 e. The minimum atomic E-state index is -3.03. The third kappa shape index (κ3) is 4.94. The van der Waals surface area contributed by atoms with Crippen molar-refractivity contribution in [2.45, 2.75) is 50.4 Å². The molecule has 6 nitrogen and oxygen atoms in total. The van der Waals surface area contributed by atoms with Crippen molar-refractivity contribution in [3.05, 3.63) is 71.5 Å². The minimum Gasteiger partial charge on any atom is -0.487 e. The first-order valence-electron chi connectivity index (χ1n) is 12.0. The van der Waals surface area contributed by atoms with Crippen molar-refractivity contribution in [1.82, 2.24) is 9.97 Å². The van der Waals surface area contributed by atoms with E-state index in [1.165, 1.54) is 11.8 Å². The summed E-state index contributed by atoms with van der Waals surface area (Å²) >= 11 is 0. The molecule has 0 amide bonds. The van der Waals surface area contributed by atoms with Crippen LogP contribution < -0.4 is 9.64 Å². The van der Waals surface area contributed by atoms with Crippen LogP contribution in [-0.2, 0) is 28.4 Å². The number of nitrogens with zero attached hydrogens (tertiary/aromatic N) is 3. The summed E-state index contributed by atoms with van der Waals surface area (Å²) in [5, 5.41) is 0. The molecule has 0 bridgehead atoms. The average molecular weight is 478 g/mol. The Balaban J connectivity index is 1.25. The Labute approximate surface area is 201 Å². The van der Waals surface area contributed by atoms with E-state index in [2.05, 4.69) is 40.0 Å². The number of aromatic nitrogens is 2. The zero-order chi connectivity index (χ0) is 23.8. The normalized spacial score (nSPS) is 17.3. The minimum absolute atomic E-state index is 0.0704. The molecular formula is C27H31N3O3S. The summed E-state index contributed by atoms with van der Waals surface area (Å²) in [7, 11) is -3.03. The molecular weight excluding hydrogens is 446 g/mol. The molecule has 0 radical (unpaired) electrons. The molecule has 2 aromatic carbocycles. The maximum absolute atomic E-state index is 11.5. The molecule has 0 atom stereocenters. The highest BCUT2D eigenvalue weighted by Gasteiger charge is 2.40. The first-order valence-corrected chi connectivity index (χ1v) is 14.0. The van der Waals surface area contributed by atoms with Crippen LogP contribution in [0.4, 0.5) is 5.95 Å². The van der Waals surface area contributed by atoms with Crippen LogP contribution >= 0.6 is 0 Å². The second-order valence-corrected chi connectivity index (χ2v) is 11.7. The summed E-state index contributed by atoms with van der Waals surface area (Å²) in [6.07, 6.45) is 10.0. The van der Waals surface area contributed by atoms with Crippen molar-refractivity contribution in [3.8, 4) is 16.9 Å². The fourth-order valence-electron chi connectivity index (χ4n) is 4.96. The molecule has 7 heteroatoms. The van der Waals surface area contributed by atoms with E-state index >= 15 is 0 Å². The fourth-order valence-corrected chi connectivity index (χ4v) is 5.75. The molecule has 2 aliphatic heterocycles. The number of ether oxygens (including phenoxy) is 1. The first-order chi connectivity index (χ1) is 16.3. The van der Waals surface area contributed by atoms with Gasteiger partial charge in [0, 0.05) is 44.6 Å². The lowest BCUT2D eigenvalue weighted by molar-refractivity contribution is 0.0224. The number of hydrogen-bond donors (Lipinski definition) is 0. The highest BCUT2D eigenvalue weighted by Crippen LogP contribution is 2.41. The van der Waals surface area contributed by atoms with Crippen molar-refractivity contribution in [1.29, 1.82) is 0 Å². The Morgan fingerprint density at radius 3 is 2.26 bits per heavy atom. The summed E-state index contributed by atoms with van der Waals surface area (Å²) in [4.78, 5) is 11.4. The van der Waals surface area contributed by atoms with Gasteiger partial charge < -0.3 is 9.64 Å². The number of piperidine rings is 1. The zero-order valence-corrected chi connectivity index (χ0v) is 20.6. The third-order valence-electron chi connectivity index (χ3n) is 7.01. The molecule has 0 saturated carbocycles. The van der Waals surface area contributed by atoms with Crippen LogP contribution in [0.25, 0.3) is 11.1 Å². The van der Waals surface area contributed by atoms with E-state index in [1.807, 2.05) is 36.7 Å². The van der Waals surface area contributed by atoms with E-state index in [9.17, 15) is 8.42 Å². The van der Waals surface area contributed by atoms with Crippen molar-refractivity contribution in [2.24, 2.45) is 0 Å². The standard InChI is InChI=1S/C27H31N3O3S/c1-3-20-17-28-26(29-18-20)30-14-12-27(13-15-30)11-10-24-16-23(8-9-25(24)33-27)22-6-4-21(5-7-22)19-34(2,31)32/h4-9,16-18H,3,10-15,19H2,1-2H3. The second-order valence-electron chi connectivity index (χ2n) is 9.61. The number of fused-ring (bicyclic) bond motifs is 1. The lowest BCUT2D eigenvalue weighted by atomic mass is 9.82. The molecule has 0 aliphatic carbocycles. The van der Waals surface area contributed by atoms with E-state index < -0.39 is 9.84 Å². The molecule has 1 spiro atoms. The SMILES string of the molecule is CCc1cnc(N2CCC3(CCc4cc(-c5ccc(CS(C)(=O)=O)cc5)ccc4O3)CC2)nc1. The van der Waals surface area contributed by atoms with E-state index in [1.54, 1.807) is 0 Å². The van der Waals surface area contributed by atoms with Gasteiger partial charge in [0.25, 0.3) is 0 Å². The van der Waals surface area contributed by atoms with Crippen LogP contribution in [0.1, 0.15) is 42.9 Å². The summed E-state index contributed by atoms with van der Waals surface area (Å²) in [5.41, 5.74) is 5.32. The summed E-state index contributed by atoms with van der Waals surface area (Å²) in [5.74, 6) is 1.87. The predicted octanol–water partition coefficient (Wildman–Crippen LogP) is 4.61. The lowest BCUT2D eigenvalue weighted by Crippen LogP contribution is -2.50. The molecule has 2 aliphatic rings. The Morgan fingerprint density at radius 1 is 0.941 bits per heavy atom. The highest BCUT2D eigenvalue weighted by atomic mass is 32.2. The predicted molar refractivity (Wildman–Crippen MR) is 135 cm³/mol. The van der Waals surface area contributed by atoms with Gasteiger partial charge in [-0.15, -0.1) is 0 Å². The topological polar surface area (TPSA) is 72.4 Å². The second kappa shape index (κ2) is 9.02. The number of rotatable bonds is 5. The van der Waals surface area contributed by atoms with Crippen LogP contribution in [0.15, 0.2) is 54.9 Å². The van der Waals surface area contributed by atoms with Gasteiger partial charge in [-0.2, -0.15) is 0 Å². The molecule has 0 unspecified atom stereocenters. The van der Waals surface area contributed by atoms with Gasteiger partial charge in [0.15, 0.2) is 9.84 Å². The molecule has 1 saturated heterocycles. The van der Waals surface area contributed by atoms with Crippen LogP contribution in [0.2, 0.25) is 0 Å². The van der Waals surface area contributed by atoms with Gasteiger partial charge >= 0.3 is 0 Å². The zero-order valence-electron chi connectivity index (χ0n) is 19.8. The number of sulfone groups is 1. The monoisotopic (exact) mass is 477 g/mol. The largest absolute Gasteiger partial charge is 0.487 e. The van der Waals surface area contributed by atoms with Crippen LogP contribution in [0.5, 0.6) is 5.75 Å². The van der Waals surface area contributed by atoms with Crippen molar-refractivity contribution in [3.63, 3.8) is 0 Å². The fraction of sp³-hybridized carbons (Fsp3) is 0.407. The quantitative estimate of drug-likeness (QED) is 0.534. The van der Waals surface area contributed by atoms with Gasteiger partial charge in [-0.25, -0.2) is 18.4 Å². The number of aryl methyl sites for hydroxylation is 2. The molecule has 178 valence electrons. The Morgan fingerprint density at radius 2 is 1.62 bits per heavy atom. The summed E-state index contributed by atoms with van der Waals surface area (Å²) < 4.78 is 29.7. The number of anilines is 1. The maximum atomic E-state index is 11.5. The molecule has 0 N–H and O–H groups in total. The molecule has 3 aromatic rings. The highest BCUT2D eigenvalue weighted by molar-refractivity contribution is 7.89. The molecule has 34 heavy (non-hydrogen) atoms. The van der Waals surface area contributed by atoms with Gasteiger partial charge in [-0.1, -0.05) is 37.3 Å². The Bertz CT molecular complexity index is 1260. The smallest absolute Gasteiger partial charge is 0.225 e. The van der Waals surface area contributed by atoms with E-state index in [0.29, 0.717) is 0 Å². The Kier molecular flexibility index (Phi) is 6.06. The first kappa shape index (κ1) is 22.8. The molecule has 1 aromatic heterocycles. The van der Waals surface area contributed by atoms with E-state index in [4.69, 9.17) is 4.74 Å². The van der Waals surface area contributed by atoms with Crippen molar-refractivity contribution < 1.29 is 13.2 Å². The Hall–Kier alpha value is -2.93. The molecule has 3 heterocycles. The van der Waals surface area contributed by atoms with E-state index in [0.717, 1.165) is 79.1 Å². The lowest BCUT2D eigenvalue weighted by Gasteiger charge is -2.44. The number of benzene rings is 2. The summed E-state index contributed by atoms with van der Waals surface area (Å²) in [6.45, 7) is 3.92. The van der Waals surface area contributed by atoms with Crippen LogP contribution in [0.3, 0.4) is 0 Å². The van der Waals surface area contributed by atoms with Crippen LogP contribution in [-0.4, -0.2) is 43.3 Å². The van der Waals surface area contributed by atoms with Gasteiger partial charge in [0.1, 0.15) is 11.4 Å². The van der Waals surface area contributed by atoms with Gasteiger partial charge in [0.2, 0.25) is 5.95 Å².